The Bertz CT molecular complexity index is 650. The van der Waals surface area contributed by atoms with Gasteiger partial charge in [-0.25, -0.2) is 5.09 Å². The van der Waals surface area contributed by atoms with Gasteiger partial charge >= 0.3 is 13.5 Å². The van der Waals surface area contributed by atoms with Crippen LogP contribution in [-0.4, -0.2) is 45.8 Å². The highest BCUT2D eigenvalue weighted by atomic mass is 31.2. The Labute approximate surface area is 168 Å². The Morgan fingerprint density at radius 2 is 1.57 bits per heavy atom. The SMILES string of the molecule is COCCOC(=O)C(C)NP(=O)(COC)Oc1c(C(C)C)cccc1C(C)C. The molecule has 28 heavy (non-hydrogen) atoms. The molecule has 1 rings (SSSR count). The van der Waals surface area contributed by atoms with E-state index >= 15 is 0 Å². The summed E-state index contributed by atoms with van der Waals surface area (Å²) in [5.74, 6) is 0.417. The zero-order chi connectivity index (χ0) is 21.3. The van der Waals surface area contributed by atoms with Crippen molar-refractivity contribution >= 4 is 13.5 Å². The second-order valence-corrected chi connectivity index (χ2v) is 9.31. The summed E-state index contributed by atoms with van der Waals surface area (Å²) in [5.41, 5.74) is 1.92. The zero-order valence-electron chi connectivity index (χ0n) is 18.0. The molecule has 2 unspecified atom stereocenters. The number of nitrogens with one attached hydrogen (secondary N) is 1. The third-order valence-electron chi connectivity index (χ3n) is 4.13. The summed E-state index contributed by atoms with van der Waals surface area (Å²) < 4.78 is 34.6. The van der Waals surface area contributed by atoms with Crippen molar-refractivity contribution in [1.29, 1.82) is 0 Å². The van der Waals surface area contributed by atoms with Gasteiger partial charge in [-0.15, -0.1) is 0 Å². The number of esters is 1. The molecule has 0 bridgehead atoms. The molecule has 2 atom stereocenters. The molecule has 0 spiro atoms. The lowest BCUT2D eigenvalue weighted by atomic mass is 9.94. The molecule has 1 aromatic carbocycles. The van der Waals surface area contributed by atoms with E-state index in [0.29, 0.717) is 12.4 Å². The first-order valence-corrected chi connectivity index (χ1v) is 11.3. The van der Waals surface area contributed by atoms with Crippen molar-refractivity contribution in [3.8, 4) is 5.75 Å². The first kappa shape index (κ1) is 24.6. The van der Waals surface area contributed by atoms with Crippen LogP contribution in [0.1, 0.15) is 57.6 Å². The number of para-hydroxylation sites is 1. The van der Waals surface area contributed by atoms with Gasteiger partial charge in [-0.2, -0.15) is 0 Å². The number of carbonyl (C=O) groups excluding carboxylic acids is 1. The standard InChI is InChI=1S/C20H34NO6P/c1-14(2)17-9-8-10-18(15(3)4)19(17)27-28(23,13-25-7)21-16(5)20(22)26-12-11-24-6/h8-10,14-16H,11-13H2,1-7H3,(H,21,23). The highest BCUT2D eigenvalue weighted by Gasteiger charge is 2.32. The highest BCUT2D eigenvalue weighted by molar-refractivity contribution is 7.57. The van der Waals surface area contributed by atoms with Crippen LogP contribution in [0.4, 0.5) is 0 Å². The zero-order valence-corrected chi connectivity index (χ0v) is 18.9. The van der Waals surface area contributed by atoms with Crippen LogP contribution in [0.3, 0.4) is 0 Å². The Hall–Kier alpha value is -1.40. The van der Waals surface area contributed by atoms with E-state index in [4.69, 9.17) is 18.7 Å². The molecule has 0 aliphatic heterocycles. The van der Waals surface area contributed by atoms with E-state index in [1.54, 1.807) is 6.92 Å². The lowest BCUT2D eigenvalue weighted by Crippen LogP contribution is -2.36. The first-order chi connectivity index (χ1) is 13.1. The summed E-state index contributed by atoms with van der Waals surface area (Å²) in [6.45, 7) is 10.2. The molecular weight excluding hydrogens is 381 g/mol. The molecule has 0 radical (unpaired) electrons. The van der Waals surface area contributed by atoms with Crippen molar-refractivity contribution in [3.63, 3.8) is 0 Å². The van der Waals surface area contributed by atoms with Gasteiger partial charge in [-0.05, 0) is 29.9 Å². The van der Waals surface area contributed by atoms with E-state index in [1.807, 2.05) is 18.2 Å². The fourth-order valence-electron chi connectivity index (χ4n) is 2.69. The van der Waals surface area contributed by atoms with Gasteiger partial charge in [-0.1, -0.05) is 45.9 Å². The summed E-state index contributed by atoms with van der Waals surface area (Å²) >= 11 is 0. The normalized spacial score (nSPS) is 14.8. The predicted octanol–water partition coefficient (Wildman–Crippen LogP) is 4.28. The van der Waals surface area contributed by atoms with Crippen LogP contribution < -0.4 is 9.61 Å². The fourth-order valence-corrected chi connectivity index (χ4v) is 4.42. The Morgan fingerprint density at radius 1 is 1.00 bits per heavy atom. The average Bonchev–Trinajstić information content (AvgIpc) is 2.61. The molecule has 1 N–H and O–H groups in total. The topological polar surface area (TPSA) is 83.1 Å². The maximum Gasteiger partial charge on any atom is 0.342 e. The Morgan fingerprint density at radius 3 is 2.04 bits per heavy atom. The molecule has 0 aromatic heterocycles. The lowest BCUT2D eigenvalue weighted by Gasteiger charge is -2.27. The quantitative estimate of drug-likeness (QED) is 0.310. The number of methoxy groups -OCH3 is 2. The van der Waals surface area contributed by atoms with Crippen molar-refractivity contribution in [1.82, 2.24) is 5.09 Å². The molecule has 0 heterocycles. The number of rotatable bonds is 12. The summed E-state index contributed by atoms with van der Waals surface area (Å²) in [6.07, 6.45) is -0.174. The van der Waals surface area contributed by atoms with Crippen molar-refractivity contribution in [3.05, 3.63) is 29.3 Å². The molecule has 0 fully saturated rings. The van der Waals surface area contributed by atoms with Crippen LogP contribution in [0.15, 0.2) is 18.2 Å². The van der Waals surface area contributed by atoms with Crippen molar-refractivity contribution < 1.29 is 28.1 Å². The van der Waals surface area contributed by atoms with E-state index in [2.05, 4.69) is 32.8 Å². The lowest BCUT2D eigenvalue weighted by molar-refractivity contribution is -0.146. The van der Waals surface area contributed by atoms with Gasteiger partial charge in [0.05, 0.1) is 6.61 Å². The largest absolute Gasteiger partial charge is 0.462 e. The Kier molecular flexibility index (Phi) is 10.2. The third-order valence-corrected chi connectivity index (χ3v) is 5.99. The number of carbonyl (C=O) groups is 1. The van der Waals surface area contributed by atoms with Gasteiger partial charge < -0.3 is 18.7 Å². The second-order valence-electron chi connectivity index (χ2n) is 7.27. The summed E-state index contributed by atoms with van der Waals surface area (Å²) in [4.78, 5) is 12.1. The fraction of sp³-hybridized carbons (Fsp3) is 0.650. The van der Waals surface area contributed by atoms with Crippen molar-refractivity contribution in [2.24, 2.45) is 0 Å². The molecule has 0 amide bonds. The second kappa shape index (κ2) is 11.6. The van der Waals surface area contributed by atoms with Gasteiger partial charge in [-0.3, -0.25) is 9.36 Å². The van der Waals surface area contributed by atoms with Crippen LogP contribution in [-0.2, 0) is 23.6 Å². The van der Waals surface area contributed by atoms with E-state index in [9.17, 15) is 9.36 Å². The third kappa shape index (κ3) is 7.21. The minimum Gasteiger partial charge on any atom is -0.462 e. The number of hydrogen-bond donors (Lipinski definition) is 1. The van der Waals surface area contributed by atoms with Crippen LogP contribution in [0.25, 0.3) is 0 Å². The first-order valence-electron chi connectivity index (χ1n) is 9.49. The molecule has 0 saturated carbocycles. The Balaban J connectivity index is 3.12. The highest BCUT2D eigenvalue weighted by Crippen LogP contribution is 2.48. The summed E-state index contributed by atoms with van der Waals surface area (Å²) in [7, 11) is -0.564. The molecule has 7 nitrogen and oxygen atoms in total. The van der Waals surface area contributed by atoms with Crippen molar-refractivity contribution in [2.45, 2.75) is 52.5 Å². The minimum atomic E-state index is -3.53. The molecule has 8 heteroatoms. The molecule has 160 valence electrons. The van der Waals surface area contributed by atoms with E-state index in [1.165, 1.54) is 14.2 Å². The van der Waals surface area contributed by atoms with E-state index in [0.717, 1.165) is 11.1 Å². The molecule has 0 saturated heterocycles. The smallest absolute Gasteiger partial charge is 0.342 e. The van der Waals surface area contributed by atoms with Gasteiger partial charge in [0.25, 0.3) is 0 Å². The number of hydrogen-bond acceptors (Lipinski definition) is 6. The van der Waals surface area contributed by atoms with Crippen LogP contribution in [0.2, 0.25) is 0 Å². The predicted molar refractivity (Wildman–Crippen MR) is 110 cm³/mol. The van der Waals surface area contributed by atoms with Gasteiger partial charge in [0.1, 0.15) is 24.7 Å². The maximum atomic E-state index is 13.5. The van der Waals surface area contributed by atoms with E-state index in [-0.39, 0.29) is 24.8 Å². The number of ether oxygens (including phenoxy) is 3. The van der Waals surface area contributed by atoms with E-state index < -0.39 is 19.5 Å². The molecule has 0 aliphatic rings. The monoisotopic (exact) mass is 415 g/mol. The number of benzene rings is 1. The van der Waals surface area contributed by atoms with Gasteiger partial charge in [0, 0.05) is 14.2 Å². The molecular formula is C20H34NO6P. The minimum absolute atomic E-state index is 0.129. The van der Waals surface area contributed by atoms with Gasteiger partial charge in [0.2, 0.25) is 0 Å². The average molecular weight is 415 g/mol. The summed E-state index contributed by atoms with van der Waals surface area (Å²) in [6, 6.07) is 5.07. The maximum absolute atomic E-state index is 13.5. The van der Waals surface area contributed by atoms with Crippen LogP contribution in [0.5, 0.6) is 5.75 Å². The molecule has 1 aromatic rings. The molecule has 0 aliphatic carbocycles. The van der Waals surface area contributed by atoms with Crippen molar-refractivity contribution in [2.75, 3.05) is 33.8 Å². The van der Waals surface area contributed by atoms with Gasteiger partial charge in [0.15, 0.2) is 0 Å². The van der Waals surface area contributed by atoms with Crippen LogP contribution in [0, 0.1) is 0 Å². The summed E-state index contributed by atoms with van der Waals surface area (Å²) in [5, 5.41) is 2.79. The van der Waals surface area contributed by atoms with Crippen LogP contribution >= 0.6 is 7.52 Å².